The van der Waals surface area contributed by atoms with E-state index in [4.69, 9.17) is 11.5 Å². The number of hydrogen-bond acceptors (Lipinski definition) is 4. The fourth-order valence-electron chi connectivity index (χ4n) is 3.99. The Labute approximate surface area is 207 Å². The number of halogens is 2. The summed E-state index contributed by atoms with van der Waals surface area (Å²) in [5.41, 5.74) is 14.7. The predicted molar refractivity (Wildman–Crippen MR) is 132 cm³/mol. The number of nitrogens with two attached hydrogens (primary N) is 2. The molecule has 0 bridgehead atoms. The summed E-state index contributed by atoms with van der Waals surface area (Å²) in [5.74, 6) is -3.30. The molecule has 0 aliphatic rings. The van der Waals surface area contributed by atoms with E-state index in [2.05, 4.69) is 9.97 Å². The Kier molecular flexibility index (Phi) is 7.44. The van der Waals surface area contributed by atoms with Gasteiger partial charge in [0, 0.05) is 0 Å². The highest BCUT2D eigenvalue weighted by molar-refractivity contribution is 5.82. The first kappa shape index (κ1) is 24.7. The normalized spacial score (nSPS) is 12.6. The van der Waals surface area contributed by atoms with Crippen molar-refractivity contribution in [1.82, 2.24) is 9.97 Å². The van der Waals surface area contributed by atoms with E-state index in [1.807, 2.05) is 0 Å². The Hall–Kier alpha value is -4.46. The number of primary amides is 2. The fraction of sp³-hybridized carbons (Fsp3) is 0.143. The monoisotopic (exact) mass is 486 g/mol. The van der Waals surface area contributed by atoms with E-state index >= 15 is 0 Å². The summed E-state index contributed by atoms with van der Waals surface area (Å²) < 4.78 is 26.5. The summed E-state index contributed by atoms with van der Waals surface area (Å²) in [7, 11) is 0. The topological polar surface area (TPSA) is 112 Å². The Morgan fingerprint density at radius 2 is 0.972 bits per heavy atom. The summed E-state index contributed by atoms with van der Waals surface area (Å²) in [6.45, 7) is 0. The molecule has 0 aliphatic carbocycles. The number of carbonyl (C=O) groups excluding carboxylic acids is 2. The van der Waals surface area contributed by atoms with Crippen LogP contribution < -0.4 is 11.5 Å². The maximum Gasteiger partial charge on any atom is 0.226 e. The maximum absolute atomic E-state index is 13.3. The molecule has 0 saturated heterocycles. The third-order valence-electron chi connectivity index (χ3n) is 5.91. The molecular formula is C28H24F2N4O2. The largest absolute Gasteiger partial charge is 0.369 e. The van der Waals surface area contributed by atoms with E-state index in [1.54, 1.807) is 60.7 Å². The SMILES string of the molecule is NC(=O)C(Cc1ccc(F)cc1)c1cccc(-c2cccc(C(Cc3ccc(F)cc3)C(N)=O)n2)n1. The zero-order chi connectivity index (χ0) is 25.7. The molecule has 2 unspecified atom stereocenters. The van der Waals surface area contributed by atoms with Crippen LogP contribution in [0.2, 0.25) is 0 Å². The lowest BCUT2D eigenvalue weighted by atomic mass is 9.94. The quantitative estimate of drug-likeness (QED) is 0.372. The molecule has 4 aromatic rings. The molecule has 0 radical (unpaired) electrons. The zero-order valence-electron chi connectivity index (χ0n) is 19.3. The highest BCUT2D eigenvalue weighted by Gasteiger charge is 2.23. The van der Waals surface area contributed by atoms with Crippen molar-refractivity contribution in [1.29, 1.82) is 0 Å². The van der Waals surface area contributed by atoms with Gasteiger partial charge < -0.3 is 11.5 Å². The van der Waals surface area contributed by atoms with Gasteiger partial charge in [-0.15, -0.1) is 0 Å². The molecule has 2 aromatic heterocycles. The first-order valence-electron chi connectivity index (χ1n) is 11.3. The highest BCUT2D eigenvalue weighted by atomic mass is 19.1. The molecule has 2 atom stereocenters. The van der Waals surface area contributed by atoms with Crippen LogP contribution >= 0.6 is 0 Å². The molecule has 2 heterocycles. The van der Waals surface area contributed by atoms with Gasteiger partial charge in [0.15, 0.2) is 0 Å². The number of amides is 2. The summed E-state index contributed by atoms with van der Waals surface area (Å²) in [4.78, 5) is 33.7. The Bertz CT molecular complexity index is 1270. The number of hydrogen-bond donors (Lipinski definition) is 2. The summed E-state index contributed by atoms with van der Waals surface area (Å²) >= 11 is 0. The van der Waals surface area contributed by atoms with Gasteiger partial charge in [0.05, 0.1) is 34.6 Å². The number of nitrogens with zero attached hydrogens (tertiary/aromatic N) is 2. The van der Waals surface area contributed by atoms with E-state index in [1.165, 1.54) is 24.3 Å². The minimum Gasteiger partial charge on any atom is -0.369 e. The van der Waals surface area contributed by atoms with Crippen LogP contribution in [-0.2, 0) is 22.4 Å². The van der Waals surface area contributed by atoms with Gasteiger partial charge >= 0.3 is 0 Å². The van der Waals surface area contributed by atoms with Crippen LogP contribution in [0, 0.1) is 11.6 Å². The molecule has 0 spiro atoms. The van der Waals surface area contributed by atoms with Gasteiger partial charge in [-0.1, -0.05) is 36.4 Å². The van der Waals surface area contributed by atoms with Crippen LogP contribution in [0.4, 0.5) is 8.78 Å². The van der Waals surface area contributed by atoms with Crippen molar-refractivity contribution in [3.63, 3.8) is 0 Å². The molecule has 2 aromatic carbocycles. The molecule has 36 heavy (non-hydrogen) atoms. The lowest BCUT2D eigenvalue weighted by Crippen LogP contribution is -2.24. The molecule has 8 heteroatoms. The first-order valence-corrected chi connectivity index (χ1v) is 11.3. The van der Waals surface area contributed by atoms with E-state index in [-0.39, 0.29) is 24.5 Å². The molecule has 4 rings (SSSR count). The molecular weight excluding hydrogens is 462 g/mol. The second-order valence-electron chi connectivity index (χ2n) is 8.47. The van der Waals surface area contributed by atoms with Crippen LogP contribution in [0.1, 0.15) is 34.4 Å². The minimum atomic E-state index is -0.726. The minimum absolute atomic E-state index is 0.265. The van der Waals surface area contributed by atoms with E-state index in [9.17, 15) is 18.4 Å². The van der Waals surface area contributed by atoms with Crippen molar-refractivity contribution in [3.8, 4) is 11.4 Å². The smallest absolute Gasteiger partial charge is 0.226 e. The zero-order valence-corrected chi connectivity index (χ0v) is 19.3. The Morgan fingerprint density at radius 3 is 1.31 bits per heavy atom. The van der Waals surface area contributed by atoms with Gasteiger partial charge in [0.25, 0.3) is 0 Å². The van der Waals surface area contributed by atoms with Gasteiger partial charge in [-0.05, 0) is 72.5 Å². The number of rotatable bonds is 9. The van der Waals surface area contributed by atoms with E-state index in [0.717, 1.165) is 11.1 Å². The van der Waals surface area contributed by atoms with Gasteiger partial charge in [0.2, 0.25) is 11.8 Å². The summed E-state index contributed by atoms with van der Waals surface area (Å²) in [5, 5.41) is 0. The van der Waals surface area contributed by atoms with Gasteiger partial charge in [-0.2, -0.15) is 0 Å². The second-order valence-corrected chi connectivity index (χ2v) is 8.47. The van der Waals surface area contributed by atoms with Crippen LogP contribution in [0.15, 0.2) is 84.9 Å². The summed E-state index contributed by atoms with van der Waals surface area (Å²) in [6.07, 6.45) is 0.530. The average molecular weight is 487 g/mol. The molecule has 0 saturated carbocycles. The molecule has 0 aliphatic heterocycles. The number of aromatic nitrogens is 2. The van der Waals surface area contributed by atoms with Crippen LogP contribution in [0.25, 0.3) is 11.4 Å². The highest BCUT2D eigenvalue weighted by Crippen LogP contribution is 2.25. The van der Waals surface area contributed by atoms with Crippen LogP contribution in [0.5, 0.6) is 0 Å². The molecule has 182 valence electrons. The number of benzene rings is 2. The van der Waals surface area contributed by atoms with Crippen molar-refractivity contribution < 1.29 is 18.4 Å². The molecule has 6 nitrogen and oxygen atoms in total. The lowest BCUT2D eigenvalue weighted by Gasteiger charge is -2.16. The third kappa shape index (κ3) is 5.96. The summed E-state index contributed by atoms with van der Waals surface area (Å²) in [6, 6.07) is 22.1. The number of carbonyl (C=O) groups is 2. The first-order chi connectivity index (χ1) is 17.3. The van der Waals surface area contributed by atoms with Gasteiger partial charge in [-0.25, -0.2) is 8.78 Å². The van der Waals surface area contributed by atoms with Crippen molar-refractivity contribution in [3.05, 3.63) is 119 Å². The molecule has 4 N–H and O–H groups in total. The van der Waals surface area contributed by atoms with E-state index in [0.29, 0.717) is 22.8 Å². The third-order valence-corrected chi connectivity index (χ3v) is 5.91. The fourth-order valence-corrected chi connectivity index (χ4v) is 3.99. The van der Waals surface area contributed by atoms with Crippen molar-refractivity contribution in [2.45, 2.75) is 24.7 Å². The van der Waals surface area contributed by atoms with E-state index < -0.39 is 23.7 Å². The van der Waals surface area contributed by atoms with Gasteiger partial charge in [-0.3, -0.25) is 19.6 Å². The molecule has 0 fully saturated rings. The van der Waals surface area contributed by atoms with Crippen molar-refractivity contribution in [2.75, 3.05) is 0 Å². The van der Waals surface area contributed by atoms with Crippen LogP contribution in [0.3, 0.4) is 0 Å². The Balaban J connectivity index is 1.62. The standard InChI is InChI=1S/C28H24F2N4O2/c29-19-11-7-17(8-12-19)15-21(27(31)35)23-3-1-5-25(33-23)26-6-2-4-24(34-26)22(28(32)36)16-18-9-13-20(30)14-10-18/h1-14,21-22H,15-16H2,(H2,31,35)(H2,32,36). The molecule has 2 amide bonds. The van der Waals surface area contributed by atoms with Crippen LogP contribution in [-0.4, -0.2) is 21.8 Å². The predicted octanol–water partition coefficient (Wildman–Crippen LogP) is 4.05. The van der Waals surface area contributed by atoms with Gasteiger partial charge in [0.1, 0.15) is 11.6 Å². The average Bonchev–Trinajstić information content (AvgIpc) is 2.87. The lowest BCUT2D eigenvalue weighted by molar-refractivity contribution is -0.120. The van der Waals surface area contributed by atoms with Crippen molar-refractivity contribution >= 4 is 11.8 Å². The van der Waals surface area contributed by atoms with Crippen molar-refractivity contribution in [2.24, 2.45) is 11.5 Å². The maximum atomic E-state index is 13.3. The Morgan fingerprint density at radius 1 is 0.611 bits per heavy atom. The number of pyridine rings is 2. The second kappa shape index (κ2) is 10.9.